The molecule has 2 N–H and O–H groups in total. The minimum Gasteiger partial charge on any atom is -0.444 e. The van der Waals surface area contributed by atoms with Crippen LogP contribution in [-0.2, 0) is 19.1 Å². The highest BCUT2D eigenvalue weighted by atomic mass is 16.6. The molecule has 35 heavy (non-hydrogen) atoms. The van der Waals surface area contributed by atoms with Crippen LogP contribution in [0.2, 0.25) is 0 Å². The van der Waals surface area contributed by atoms with E-state index in [1.54, 1.807) is 9.80 Å². The van der Waals surface area contributed by atoms with Crippen LogP contribution < -0.4 is 0 Å². The fraction of sp³-hybridized carbons (Fsp3) is 0.880. The first kappa shape index (κ1) is 24.8. The Balaban J connectivity index is 1.22. The smallest absolute Gasteiger partial charge is 0.410 e. The van der Waals surface area contributed by atoms with E-state index in [4.69, 9.17) is 9.47 Å². The fourth-order valence-corrected chi connectivity index (χ4v) is 6.60. The quantitative estimate of drug-likeness (QED) is 0.581. The second-order valence-corrected chi connectivity index (χ2v) is 12.0. The molecule has 1 aliphatic carbocycles. The molecular formula is C25H39N3O7. The third-order valence-corrected chi connectivity index (χ3v) is 8.51. The Morgan fingerprint density at radius 3 is 2.37 bits per heavy atom. The van der Waals surface area contributed by atoms with Gasteiger partial charge >= 0.3 is 6.09 Å². The molecule has 0 aromatic heterocycles. The number of nitrogens with zero attached hydrogens (tertiary/aromatic N) is 3. The summed E-state index contributed by atoms with van der Waals surface area (Å²) in [4.78, 5) is 44.8. The topological polar surface area (TPSA) is 120 Å². The zero-order valence-corrected chi connectivity index (χ0v) is 21.0. The van der Waals surface area contributed by atoms with Crippen molar-refractivity contribution >= 4 is 17.9 Å². The number of piperidine rings is 3. The number of ether oxygens (including phenoxy) is 2. The molecule has 5 fully saturated rings. The highest BCUT2D eigenvalue weighted by molar-refractivity contribution is 5.86. The van der Waals surface area contributed by atoms with Crippen LogP contribution in [0, 0.1) is 29.6 Å². The lowest BCUT2D eigenvalue weighted by Gasteiger charge is -2.43. The van der Waals surface area contributed by atoms with Gasteiger partial charge in [-0.3, -0.25) is 9.59 Å². The molecular weight excluding hydrogens is 454 g/mol. The summed E-state index contributed by atoms with van der Waals surface area (Å²) in [7, 11) is 0. The van der Waals surface area contributed by atoms with Crippen molar-refractivity contribution in [2.24, 2.45) is 29.6 Å². The summed E-state index contributed by atoms with van der Waals surface area (Å²) < 4.78 is 11.4. The molecule has 196 valence electrons. The van der Waals surface area contributed by atoms with Crippen molar-refractivity contribution in [3.05, 3.63) is 0 Å². The van der Waals surface area contributed by atoms with Crippen LogP contribution in [0.4, 0.5) is 4.79 Å². The van der Waals surface area contributed by atoms with Gasteiger partial charge in [-0.25, -0.2) is 4.79 Å². The molecule has 0 spiro atoms. The van der Waals surface area contributed by atoms with Crippen molar-refractivity contribution in [3.63, 3.8) is 0 Å². The van der Waals surface area contributed by atoms with E-state index in [1.165, 1.54) is 0 Å². The number of rotatable bonds is 3. The lowest BCUT2D eigenvalue weighted by Crippen LogP contribution is -2.57. The van der Waals surface area contributed by atoms with Crippen molar-refractivity contribution in [1.82, 2.24) is 14.7 Å². The van der Waals surface area contributed by atoms with Gasteiger partial charge in [-0.15, -0.1) is 0 Å². The number of hydrogen-bond acceptors (Lipinski definition) is 7. The second-order valence-electron chi connectivity index (χ2n) is 12.0. The average Bonchev–Trinajstić information content (AvgIpc) is 3.15. The van der Waals surface area contributed by atoms with E-state index in [0.717, 1.165) is 6.42 Å². The standard InChI is InChI=1S/C25H39N3O7/c1-25(2,3)35-24(33)27-11-16-17(12-27)21(16)23(32)28-10-14(8-20-18(28)5-7-34-20)22(31)26-6-4-19(30)15(9-26)13-29/h14-21,29-30H,4-13H2,1-3H3/t14?,15?,16-,17?,18+,19?,20+,21?/m1/s1. The van der Waals surface area contributed by atoms with Crippen molar-refractivity contribution in [1.29, 1.82) is 0 Å². The Morgan fingerprint density at radius 2 is 1.71 bits per heavy atom. The van der Waals surface area contributed by atoms with Gasteiger partial charge in [-0.1, -0.05) is 0 Å². The van der Waals surface area contributed by atoms with Crippen molar-refractivity contribution in [2.75, 3.05) is 45.9 Å². The fourth-order valence-electron chi connectivity index (χ4n) is 6.60. The van der Waals surface area contributed by atoms with Gasteiger partial charge in [-0.2, -0.15) is 0 Å². The molecule has 0 radical (unpaired) electrons. The predicted molar refractivity (Wildman–Crippen MR) is 124 cm³/mol. The van der Waals surface area contributed by atoms with Gasteiger partial charge in [0.05, 0.1) is 30.8 Å². The summed E-state index contributed by atoms with van der Waals surface area (Å²) in [5.41, 5.74) is -0.546. The summed E-state index contributed by atoms with van der Waals surface area (Å²) in [6, 6.07) is 0.00297. The molecule has 3 amide bonds. The highest BCUT2D eigenvalue weighted by Crippen LogP contribution is 2.53. The van der Waals surface area contributed by atoms with Crippen LogP contribution in [0.25, 0.3) is 0 Å². The largest absolute Gasteiger partial charge is 0.444 e. The number of likely N-dealkylation sites (tertiary alicyclic amines) is 3. The van der Waals surface area contributed by atoms with Gasteiger partial charge in [0.15, 0.2) is 0 Å². The maximum atomic E-state index is 13.7. The van der Waals surface area contributed by atoms with E-state index in [9.17, 15) is 24.6 Å². The Bertz CT molecular complexity index is 848. The number of aliphatic hydroxyl groups excluding tert-OH is 2. The van der Waals surface area contributed by atoms with Gasteiger partial charge in [0.2, 0.25) is 11.8 Å². The van der Waals surface area contributed by atoms with Gasteiger partial charge in [0, 0.05) is 51.2 Å². The first-order valence-electron chi connectivity index (χ1n) is 13.0. The molecule has 4 heterocycles. The van der Waals surface area contributed by atoms with Gasteiger partial charge in [0.1, 0.15) is 5.60 Å². The third-order valence-electron chi connectivity index (χ3n) is 8.51. The zero-order valence-electron chi connectivity index (χ0n) is 21.0. The first-order valence-corrected chi connectivity index (χ1v) is 13.0. The van der Waals surface area contributed by atoms with Gasteiger partial charge < -0.3 is 34.4 Å². The maximum absolute atomic E-state index is 13.7. The third kappa shape index (κ3) is 4.76. The number of carbonyl (C=O) groups excluding carboxylic acids is 3. The minimum absolute atomic E-state index is 0.00297. The summed E-state index contributed by atoms with van der Waals surface area (Å²) in [6.07, 6.45) is 0.783. The molecule has 5 rings (SSSR count). The number of amides is 3. The number of aliphatic hydroxyl groups is 2. The van der Waals surface area contributed by atoms with Gasteiger partial charge in [-0.05, 0) is 51.9 Å². The molecule has 0 aromatic rings. The Kier molecular flexibility index (Phi) is 6.51. The number of fused-ring (bicyclic) bond motifs is 2. The van der Waals surface area contributed by atoms with E-state index in [1.807, 2.05) is 25.7 Å². The predicted octanol–water partition coefficient (Wildman–Crippen LogP) is 0.307. The van der Waals surface area contributed by atoms with E-state index in [2.05, 4.69) is 0 Å². The molecule has 0 aromatic carbocycles. The Morgan fingerprint density at radius 1 is 1.00 bits per heavy atom. The zero-order chi connectivity index (χ0) is 25.1. The monoisotopic (exact) mass is 493 g/mol. The van der Waals surface area contributed by atoms with E-state index in [0.29, 0.717) is 52.2 Å². The van der Waals surface area contributed by atoms with Crippen LogP contribution in [0.15, 0.2) is 0 Å². The summed E-state index contributed by atoms with van der Waals surface area (Å²) in [5, 5.41) is 19.6. The van der Waals surface area contributed by atoms with E-state index in [-0.39, 0.29) is 66.2 Å². The van der Waals surface area contributed by atoms with E-state index < -0.39 is 11.7 Å². The second kappa shape index (κ2) is 9.19. The van der Waals surface area contributed by atoms with Crippen LogP contribution >= 0.6 is 0 Å². The first-order chi connectivity index (χ1) is 16.6. The van der Waals surface area contributed by atoms with Crippen LogP contribution in [0.3, 0.4) is 0 Å². The molecule has 1 saturated carbocycles. The normalized spacial score (nSPS) is 38.7. The average molecular weight is 494 g/mol. The maximum Gasteiger partial charge on any atom is 0.410 e. The lowest BCUT2D eigenvalue weighted by atomic mass is 9.87. The molecule has 5 aliphatic rings. The van der Waals surface area contributed by atoms with Crippen LogP contribution in [0.1, 0.15) is 40.0 Å². The Labute approximate surface area is 206 Å². The number of carbonyl (C=O) groups is 3. The molecule has 0 bridgehead atoms. The molecule has 10 heteroatoms. The highest BCUT2D eigenvalue weighted by Gasteiger charge is 2.62. The SMILES string of the molecule is CC(C)(C)OC(=O)N1CC2C(C(=O)N3CC(C(=O)N4CCC(O)C(CO)C4)C[C@@H]4OCC[C@@H]43)[C@@H]2C1. The van der Waals surface area contributed by atoms with Crippen molar-refractivity contribution < 1.29 is 34.1 Å². The molecule has 4 saturated heterocycles. The minimum atomic E-state index is -0.592. The Hall–Kier alpha value is -1.91. The van der Waals surface area contributed by atoms with Crippen LogP contribution in [0.5, 0.6) is 0 Å². The number of hydrogen-bond donors (Lipinski definition) is 2. The molecule has 5 unspecified atom stereocenters. The van der Waals surface area contributed by atoms with Gasteiger partial charge in [0.25, 0.3) is 0 Å². The molecule has 10 nitrogen and oxygen atoms in total. The van der Waals surface area contributed by atoms with Crippen LogP contribution in [-0.4, -0.2) is 113 Å². The van der Waals surface area contributed by atoms with E-state index >= 15 is 0 Å². The summed E-state index contributed by atoms with van der Waals surface area (Å²) >= 11 is 0. The summed E-state index contributed by atoms with van der Waals surface area (Å²) in [5.74, 6) is -0.402. The summed E-state index contributed by atoms with van der Waals surface area (Å²) in [6.45, 7) is 8.23. The molecule has 4 aliphatic heterocycles. The molecule has 8 atom stereocenters. The van der Waals surface area contributed by atoms with Crippen molar-refractivity contribution in [2.45, 2.75) is 63.9 Å². The van der Waals surface area contributed by atoms with Crippen molar-refractivity contribution in [3.8, 4) is 0 Å². The lowest BCUT2D eigenvalue weighted by molar-refractivity contribution is -0.150.